The average Bonchev–Trinajstić information content (AvgIpc) is 2.62. The molecule has 0 aliphatic rings. The van der Waals surface area contributed by atoms with Crippen LogP contribution >= 0.6 is 11.8 Å². The van der Waals surface area contributed by atoms with Crippen LogP contribution in [-0.4, -0.2) is 11.2 Å². The van der Waals surface area contributed by atoms with Gasteiger partial charge in [-0.2, -0.15) is 0 Å². The molecule has 0 saturated heterocycles. The molecule has 0 aliphatic heterocycles. The molecule has 2 aromatic carbocycles. The third kappa shape index (κ3) is 3.88. The minimum atomic E-state index is 0.511. The number of thioether (sulfide) groups is 1. The molecule has 0 saturated carbocycles. The molecule has 1 aromatic heterocycles. The summed E-state index contributed by atoms with van der Waals surface area (Å²) in [6.45, 7) is 4.49. The summed E-state index contributed by atoms with van der Waals surface area (Å²) in [5.41, 5.74) is 6.37. The van der Waals surface area contributed by atoms with Gasteiger partial charge in [-0.15, -0.1) is 11.8 Å². The second-order valence-electron chi connectivity index (χ2n) is 6.30. The molecule has 3 rings (SSSR count). The van der Waals surface area contributed by atoms with Crippen molar-refractivity contribution in [3.05, 3.63) is 83.7 Å². The van der Waals surface area contributed by atoms with Gasteiger partial charge in [-0.3, -0.25) is 4.98 Å². The first-order valence-corrected chi connectivity index (χ1v) is 9.57. The minimum Gasteiger partial charge on any atom is -0.261 e. The van der Waals surface area contributed by atoms with Crippen molar-refractivity contribution in [2.45, 2.75) is 31.1 Å². The highest BCUT2D eigenvalue weighted by Gasteiger charge is 2.09. The van der Waals surface area contributed by atoms with Gasteiger partial charge < -0.3 is 0 Å². The molecule has 0 radical (unpaired) electrons. The van der Waals surface area contributed by atoms with Gasteiger partial charge in [0.25, 0.3) is 0 Å². The number of aromatic nitrogens is 1. The minimum absolute atomic E-state index is 0.511. The number of rotatable bonds is 5. The third-order valence-corrected chi connectivity index (χ3v) is 5.00. The normalized spacial score (nSPS) is 11.0. The maximum Gasteiger partial charge on any atom is 0.0453 e. The van der Waals surface area contributed by atoms with Crippen LogP contribution in [0, 0.1) is 0 Å². The van der Waals surface area contributed by atoms with Gasteiger partial charge >= 0.3 is 0 Å². The van der Waals surface area contributed by atoms with Gasteiger partial charge in [0.1, 0.15) is 0 Å². The Morgan fingerprint density at radius 2 is 1.71 bits per heavy atom. The predicted molar refractivity (Wildman–Crippen MR) is 105 cm³/mol. The molecule has 2 heteroatoms. The smallest absolute Gasteiger partial charge is 0.0453 e. The van der Waals surface area contributed by atoms with E-state index in [9.17, 15) is 0 Å². The van der Waals surface area contributed by atoms with Crippen molar-refractivity contribution < 1.29 is 0 Å². The van der Waals surface area contributed by atoms with Crippen LogP contribution < -0.4 is 0 Å². The summed E-state index contributed by atoms with van der Waals surface area (Å²) in [4.78, 5) is 5.87. The van der Waals surface area contributed by atoms with Crippen molar-refractivity contribution in [1.82, 2.24) is 4.98 Å². The average molecular weight is 334 g/mol. The maximum atomic E-state index is 4.57. The lowest BCUT2D eigenvalue weighted by Gasteiger charge is -2.13. The number of hydrogen-bond acceptors (Lipinski definition) is 2. The van der Waals surface area contributed by atoms with E-state index in [1.807, 2.05) is 6.20 Å². The Morgan fingerprint density at radius 1 is 0.958 bits per heavy atom. The lowest BCUT2D eigenvalue weighted by atomic mass is 9.92. The van der Waals surface area contributed by atoms with Gasteiger partial charge in [-0.05, 0) is 58.7 Å². The number of pyridine rings is 1. The summed E-state index contributed by atoms with van der Waals surface area (Å²) in [5.74, 6) is 0.511. The number of hydrogen-bond donors (Lipinski definition) is 0. The molecule has 3 aromatic rings. The van der Waals surface area contributed by atoms with Crippen LogP contribution in [0.1, 0.15) is 36.6 Å². The second kappa shape index (κ2) is 7.67. The Kier molecular flexibility index (Phi) is 5.37. The number of benzene rings is 2. The molecule has 0 fully saturated rings. The molecule has 0 bridgehead atoms. The molecule has 0 aliphatic carbocycles. The summed E-state index contributed by atoms with van der Waals surface area (Å²) in [7, 11) is 0. The van der Waals surface area contributed by atoms with Crippen LogP contribution in [0.15, 0.2) is 71.8 Å². The van der Waals surface area contributed by atoms with Crippen molar-refractivity contribution in [1.29, 1.82) is 0 Å². The molecule has 0 N–H and O–H groups in total. The summed E-state index contributed by atoms with van der Waals surface area (Å²) < 4.78 is 0. The van der Waals surface area contributed by atoms with Gasteiger partial charge in [0.05, 0.1) is 0 Å². The third-order valence-electron chi connectivity index (χ3n) is 4.25. The fourth-order valence-corrected chi connectivity index (χ4v) is 3.37. The Balaban J connectivity index is 1.89. The SMILES string of the molecule is CSc1ccc(Cc2cc(-c3ccccc3C(C)C)ccn2)cc1. The fraction of sp³-hybridized carbons (Fsp3) is 0.227. The van der Waals surface area contributed by atoms with Crippen LogP contribution in [0.4, 0.5) is 0 Å². The van der Waals surface area contributed by atoms with Gasteiger partial charge in [-0.1, -0.05) is 50.2 Å². The lowest BCUT2D eigenvalue weighted by molar-refractivity contribution is 0.869. The molecule has 0 atom stereocenters. The first kappa shape index (κ1) is 16.8. The van der Waals surface area contributed by atoms with Crippen molar-refractivity contribution >= 4 is 11.8 Å². The summed E-state index contributed by atoms with van der Waals surface area (Å²) >= 11 is 1.77. The Bertz CT molecular complexity index is 806. The topological polar surface area (TPSA) is 12.9 Å². The molecule has 0 amide bonds. The van der Waals surface area contributed by atoms with Crippen molar-refractivity contribution in [2.75, 3.05) is 6.26 Å². The zero-order valence-electron chi connectivity index (χ0n) is 14.5. The van der Waals surface area contributed by atoms with Gasteiger partial charge in [0.2, 0.25) is 0 Å². The van der Waals surface area contributed by atoms with Crippen LogP contribution in [0.5, 0.6) is 0 Å². The summed E-state index contributed by atoms with van der Waals surface area (Å²) in [6.07, 6.45) is 4.90. The van der Waals surface area contributed by atoms with E-state index in [1.54, 1.807) is 11.8 Å². The van der Waals surface area contributed by atoms with E-state index in [2.05, 4.69) is 85.8 Å². The van der Waals surface area contributed by atoms with Crippen LogP contribution in [0.3, 0.4) is 0 Å². The van der Waals surface area contributed by atoms with Crippen molar-refractivity contribution in [3.63, 3.8) is 0 Å². The van der Waals surface area contributed by atoms with Crippen LogP contribution in [0.2, 0.25) is 0 Å². The lowest BCUT2D eigenvalue weighted by Crippen LogP contribution is -1.95. The van der Waals surface area contributed by atoms with Crippen LogP contribution in [-0.2, 0) is 6.42 Å². The molecular weight excluding hydrogens is 310 g/mol. The van der Waals surface area contributed by atoms with Gasteiger partial charge in [-0.25, -0.2) is 0 Å². The standard InChI is InChI=1S/C22H23NS/c1-16(2)21-6-4-5-7-22(21)18-12-13-23-19(15-18)14-17-8-10-20(24-3)11-9-17/h4-13,15-16H,14H2,1-3H3. The van der Waals surface area contributed by atoms with Crippen molar-refractivity contribution in [3.8, 4) is 11.1 Å². The monoisotopic (exact) mass is 333 g/mol. The molecule has 122 valence electrons. The van der Waals surface area contributed by atoms with E-state index < -0.39 is 0 Å². The molecule has 0 spiro atoms. The van der Waals surface area contributed by atoms with Crippen LogP contribution in [0.25, 0.3) is 11.1 Å². The summed E-state index contributed by atoms with van der Waals surface area (Å²) in [5, 5.41) is 0. The highest BCUT2D eigenvalue weighted by atomic mass is 32.2. The predicted octanol–water partition coefficient (Wildman–Crippen LogP) is 6.18. The maximum absolute atomic E-state index is 4.57. The van der Waals surface area contributed by atoms with E-state index in [4.69, 9.17) is 0 Å². The summed E-state index contributed by atoms with van der Waals surface area (Å²) in [6, 6.07) is 21.8. The first-order chi connectivity index (χ1) is 11.7. The van der Waals surface area contributed by atoms with E-state index in [1.165, 1.54) is 27.1 Å². The Morgan fingerprint density at radius 3 is 2.42 bits per heavy atom. The largest absolute Gasteiger partial charge is 0.261 e. The molecule has 1 heterocycles. The fourth-order valence-electron chi connectivity index (χ4n) is 2.96. The molecule has 1 nitrogen and oxygen atoms in total. The highest BCUT2D eigenvalue weighted by molar-refractivity contribution is 7.98. The van der Waals surface area contributed by atoms with E-state index in [0.717, 1.165) is 12.1 Å². The Labute approximate surface area is 149 Å². The number of nitrogens with zero attached hydrogens (tertiary/aromatic N) is 1. The first-order valence-electron chi connectivity index (χ1n) is 8.34. The zero-order valence-corrected chi connectivity index (χ0v) is 15.3. The molecule has 24 heavy (non-hydrogen) atoms. The molecule has 0 unspecified atom stereocenters. The Hall–Kier alpha value is -2.06. The van der Waals surface area contributed by atoms with E-state index in [0.29, 0.717) is 5.92 Å². The molecular formula is C22H23NS. The van der Waals surface area contributed by atoms with Gasteiger partial charge in [0, 0.05) is 23.2 Å². The zero-order chi connectivity index (χ0) is 16.9. The highest BCUT2D eigenvalue weighted by Crippen LogP contribution is 2.29. The van der Waals surface area contributed by atoms with E-state index in [-0.39, 0.29) is 0 Å². The van der Waals surface area contributed by atoms with Gasteiger partial charge in [0.15, 0.2) is 0 Å². The second-order valence-corrected chi connectivity index (χ2v) is 7.18. The van der Waals surface area contributed by atoms with Crippen molar-refractivity contribution in [2.24, 2.45) is 0 Å². The van der Waals surface area contributed by atoms with E-state index >= 15 is 0 Å². The quantitative estimate of drug-likeness (QED) is 0.517.